The Kier molecular flexibility index (Phi) is 13.3. The first kappa shape index (κ1) is 38.5. The van der Waals surface area contributed by atoms with E-state index in [0.29, 0.717) is 5.56 Å². The Morgan fingerprint density at radius 1 is 0.528 bits per heavy atom. The quantitative estimate of drug-likeness (QED) is 0.228. The molecule has 0 aliphatic heterocycles. The molecule has 0 aliphatic carbocycles. The van der Waals surface area contributed by atoms with Gasteiger partial charge in [-0.1, -0.05) is 235 Å². The monoisotopic (exact) mass is 857 g/mol. The third-order valence-corrected chi connectivity index (χ3v) is 15.5. The molecule has 0 saturated carbocycles. The van der Waals surface area contributed by atoms with Crippen LogP contribution >= 0.6 is 209 Å². The van der Waals surface area contributed by atoms with Gasteiger partial charge in [-0.3, -0.25) is 0 Å². The van der Waals surface area contributed by atoms with Crippen molar-refractivity contribution in [2.24, 2.45) is 5.92 Å². The fourth-order valence-corrected chi connectivity index (χ4v) is 7.13. The predicted octanol–water partition coefficient (Wildman–Crippen LogP) is 13.6. The van der Waals surface area contributed by atoms with Crippen molar-refractivity contribution >= 4 is 209 Å². The Hall–Kier alpha value is 4.44. The minimum atomic E-state index is -2.60. The second-order valence-electron chi connectivity index (χ2n) is 7.65. The Morgan fingerprint density at radius 3 is 1.22 bits per heavy atom. The summed E-state index contributed by atoms with van der Waals surface area (Å²) in [6.45, 7) is 3.72. The van der Waals surface area contributed by atoms with Crippen molar-refractivity contribution in [1.29, 1.82) is 0 Å². The highest BCUT2D eigenvalue weighted by Gasteiger charge is 2.70. The summed E-state index contributed by atoms with van der Waals surface area (Å²) in [4.78, 5) is 0. The molecule has 0 heterocycles. The summed E-state index contributed by atoms with van der Waals surface area (Å²) in [7, 11) is 0. The van der Waals surface area contributed by atoms with E-state index in [0.717, 1.165) is 0 Å². The lowest BCUT2D eigenvalue weighted by Gasteiger charge is -2.46. The first-order chi connectivity index (χ1) is 15.5. The van der Waals surface area contributed by atoms with Gasteiger partial charge in [0.05, 0.1) is 0 Å². The second kappa shape index (κ2) is 12.4. The number of hydrogen-bond acceptors (Lipinski definition) is 0. The van der Waals surface area contributed by atoms with E-state index in [9.17, 15) is 0 Å². The van der Waals surface area contributed by atoms with Crippen molar-refractivity contribution in [2.45, 2.75) is 47.4 Å². The molecular weight excluding hydrogens is 854 g/mol. The Morgan fingerprint density at radius 2 is 0.889 bits per heavy atom. The number of benzene rings is 1. The van der Waals surface area contributed by atoms with Crippen LogP contribution in [0.25, 0.3) is 0 Å². The molecule has 0 atom stereocenters. The summed E-state index contributed by atoms with van der Waals surface area (Å²) in [6.07, 6.45) is 1.73. The highest BCUT2D eigenvalue weighted by molar-refractivity contribution is 6.81. The fourth-order valence-electron chi connectivity index (χ4n) is 2.63. The highest BCUT2D eigenvalue weighted by Crippen LogP contribution is 2.68. The van der Waals surface area contributed by atoms with Crippen LogP contribution in [0.5, 0.6) is 0 Å². The summed E-state index contributed by atoms with van der Waals surface area (Å²) in [5, 5.41) is 0. The molecule has 0 aromatic heterocycles. The van der Waals surface area contributed by atoms with E-state index in [1.54, 1.807) is 6.42 Å². The molecule has 0 amide bonds. The van der Waals surface area contributed by atoms with Crippen LogP contribution < -0.4 is 0 Å². The van der Waals surface area contributed by atoms with Crippen LogP contribution in [0.3, 0.4) is 0 Å². The molecule has 18 heteroatoms. The highest BCUT2D eigenvalue weighted by atomic mass is 35.6. The topological polar surface area (TPSA) is 0 Å². The van der Waals surface area contributed by atoms with Crippen LogP contribution in [0.4, 0.5) is 0 Å². The van der Waals surface area contributed by atoms with Crippen LogP contribution in [0.15, 0.2) is 18.2 Å². The summed E-state index contributed by atoms with van der Waals surface area (Å²) < 4.78 is -20.1. The van der Waals surface area contributed by atoms with Crippen LogP contribution in [0.2, 0.25) is 0 Å². The zero-order valence-corrected chi connectivity index (χ0v) is 30.8. The molecular formula is C18H11Cl18. The van der Waals surface area contributed by atoms with E-state index in [1.165, 1.54) is 18.2 Å². The van der Waals surface area contributed by atoms with Crippen molar-refractivity contribution in [3.63, 3.8) is 0 Å². The summed E-state index contributed by atoms with van der Waals surface area (Å²) in [6, 6.07) is 4.12. The van der Waals surface area contributed by atoms with Gasteiger partial charge in [0, 0.05) is 0 Å². The van der Waals surface area contributed by atoms with Crippen molar-refractivity contribution in [2.75, 3.05) is 0 Å². The van der Waals surface area contributed by atoms with E-state index >= 15 is 0 Å². The molecule has 36 heavy (non-hydrogen) atoms. The molecule has 0 spiro atoms. The van der Waals surface area contributed by atoms with E-state index in [2.05, 4.69) is 0 Å². The van der Waals surface area contributed by atoms with E-state index in [-0.39, 0.29) is 17.0 Å². The summed E-state index contributed by atoms with van der Waals surface area (Å²) in [5.41, 5.74) is 0.228. The van der Waals surface area contributed by atoms with Gasteiger partial charge in [0.15, 0.2) is 17.3 Å². The number of halogens is 18. The standard InChI is InChI=1S/C18H11Cl18/c1-7(2)5-8-3-4-9(11(19,20)13(23,24)15(27,28)17(31,32)33)6-10(8)12(21,22)14(25,26)16(29,30)18(34,35)36/h3-7H,1-2H3. The van der Waals surface area contributed by atoms with E-state index in [4.69, 9.17) is 209 Å². The molecule has 1 aromatic rings. The maximum atomic E-state index is 6.70. The molecule has 0 bridgehead atoms. The largest absolute Gasteiger partial charge is 0.226 e. The van der Waals surface area contributed by atoms with Gasteiger partial charge in [0.25, 0.3) is 0 Å². The molecule has 0 N–H and O–H groups in total. The minimum Gasteiger partial charge on any atom is -0.0943 e. The lowest BCUT2D eigenvalue weighted by atomic mass is 9.90. The first-order valence-corrected chi connectivity index (χ1v) is 15.7. The SMILES string of the molecule is CC(C)[CH]c1ccc(C(Cl)(Cl)C(Cl)(Cl)C(Cl)(Cl)C(Cl)(Cl)Cl)cc1C(Cl)(Cl)C(Cl)(Cl)C(Cl)(Cl)C(Cl)(Cl)Cl. The summed E-state index contributed by atoms with van der Waals surface area (Å²) in [5.74, 6) is -0.0525. The van der Waals surface area contributed by atoms with Gasteiger partial charge in [-0.2, -0.15) is 0 Å². The Balaban J connectivity index is 3.97. The second-order valence-corrected chi connectivity index (χ2v) is 20.2. The number of rotatable bonds is 8. The molecule has 1 rings (SSSR count). The molecule has 0 fully saturated rings. The van der Waals surface area contributed by atoms with Gasteiger partial charge in [-0.25, -0.2) is 0 Å². The zero-order chi connectivity index (χ0) is 29.1. The Bertz CT molecular complexity index is 934. The molecule has 0 aliphatic rings. The van der Waals surface area contributed by atoms with Crippen LogP contribution in [-0.4, -0.2) is 24.9 Å². The van der Waals surface area contributed by atoms with E-state index in [1.807, 2.05) is 13.8 Å². The fraction of sp³-hybridized carbons (Fsp3) is 0.611. The normalized spacial score (nSPS) is 15.6. The lowest BCUT2D eigenvalue weighted by molar-refractivity contribution is 0.587. The van der Waals surface area contributed by atoms with Crippen LogP contribution in [0.1, 0.15) is 30.5 Å². The first-order valence-electron chi connectivity index (χ1n) is 8.92. The van der Waals surface area contributed by atoms with Gasteiger partial charge in [0.2, 0.25) is 16.3 Å². The average molecular weight is 865 g/mol. The van der Waals surface area contributed by atoms with Crippen molar-refractivity contribution < 1.29 is 0 Å². The van der Waals surface area contributed by atoms with Gasteiger partial charge in [-0.05, 0) is 35.1 Å². The predicted molar refractivity (Wildman–Crippen MR) is 170 cm³/mol. The van der Waals surface area contributed by atoms with Crippen molar-refractivity contribution in [1.82, 2.24) is 0 Å². The van der Waals surface area contributed by atoms with Gasteiger partial charge < -0.3 is 0 Å². The summed E-state index contributed by atoms with van der Waals surface area (Å²) >= 11 is 113. The zero-order valence-electron chi connectivity index (χ0n) is 17.2. The van der Waals surface area contributed by atoms with E-state index < -0.39 is 33.6 Å². The van der Waals surface area contributed by atoms with Gasteiger partial charge in [0.1, 0.15) is 0 Å². The number of hydrogen-bond donors (Lipinski definition) is 0. The van der Waals surface area contributed by atoms with Gasteiger partial charge >= 0.3 is 0 Å². The molecule has 209 valence electrons. The maximum Gasteiger partial charge on any atom is 0.226 e. The Labute approximate surface area is 299 Å². The molecule has 0 unspecified atom stereocenters. The number of alkyl halides is 18. The van der Waals surface area contributed by atoms with Crippen molar-refractivity contribution in [3.05, 3.63) is 41.3 Å². The minimum absolute atomic E-state index is 0.0525. The molecule has 0 saturated heterocycles. The smallest absolute Gasteiger partial charge is 0.0943 e. The molecule has 1 radical (unpaired) electrons. The van der Waals surface area contributed by atoms with Crippen LogP contribution in [0, 0.1) is 12.3 Å². The molecule has 1 aromatic carbocycles. The van der Waals surface area contributed by atoms with Crippen LogP contribution in [-0.2, 0) is 8.67 Å². The maximum absolute atomic E-state index is 6.70. The third-order valence-electron chi connectivity index (χ3n) is 4.56. The lowest BCUT2D eigenvalue weighted by Crippen LogP contribution is -2.55. The van der Waals surface area contributed by atoms with Crippen molar-refractivity contribution in [3.8, 4) is 0 Å². The third kappa shape index (κ3) is 7.05. The van der Waals surface area contributed by atoms with Gasteiger partial charge in [-0.15, -0.1) is 0 Å². The molecule has 0 nitrogen and oxygen atoms in total. The average Bonchev–Trinajstić information content (AvgIpc) is 2.65.